The van der Waals surface area contributed by atoms with Crippen LogP contribution in [0.5, 0.6) is 0 Å². The van der Waals surface area contributed by atoms with E-state index in [1.807, 2.05) is 60.7 Å². The van der Waals surface area contributed by atoms with Crippen LogP contribution in [0, 0.1) is 70.0 Å². The molecule has 69 heavy (non-hydrogen) atoms. The molecule has 12 atom stereocenters. The Kier molecular flexibility index (Phi) is 20.2. The number of carbonyl (C=O) groups is 1. The highest BCUT2D eigenvalue weighted by molar-refractivity contribution is 7.78. The molecular weight excluding hydrogens is 856 g/mol. The van der Waals surface area contributed by atoms with Crippen molar-refractivity contribution in [3.05, 3.63) is 120 Å². The Morgan fingerprint density at radius 1 is 0.623 bits per heavy atom. The number of hydrogen-bond acceptors (Lipinski definition) is 2. The fourth-order valence-electron chi connectivity index (χ4n) is 15.3. The molecule has 0 bridgehead atoms. The average Bonchev–Trinajstić information content (AvgIpc) is 3.90. The first-order chi connectivity index (χ1) is 33.0. The number of Topliss-reactive ketones (excluding diaryl/α,β-unsaturated/α-hetero) is 1. The maximum absolute atomic E-state index is 14.0. The molecular formula is C66H99O2P. The molecule has 0 saturated heterocycles. The van der Waals surface area contributed by atoms with E-state index in [1.54, 1.807) is 11.1 Å². The van der Waals surface area contributed by atoms with Crippen LogP contribution >= 0.6 is 7.14 Å². The minimum atomic E-state index is -2.64. The molecule has 0 spiro atoms. The molecule has 6 saturated carbocycles. The molecule has 3 heteroatoms. The lowest BCUT2D eigenvalue weighted by atomic mass is 9.60. The van der Waals surface area contributed by atoms with Crippen LogP contribution in [0.15, 0.2) is 120 Å². The first-order valence-corrected chi connectivity index (χ1v) is 30.5. The maximum atomic E-state index is 14.0. The minimum absolute atomic E-state index is 0.350. The highest BCUT2D eigenvalue weighted by atomic mass is 31.2. The van der Waals surface area contributed by atoms with Crippen molar-refractivity contribution in [3.8, 4) is 0 Å². The van der Waals surface area contributed by atoms with Crippen molar-refractivity contribution in [3.63, 3.8) is 0 Å². The summed E-state index contributed by atoms with van der Waals surface area (Å²) in [7, 11) is -2.64. The largest absolute Gasteiger partial charge is 0.313 e. The lowest BCUT2D eigenvalue weighted by Gasteiger charge is -2.44. The van der Waals surface area contributed by atoms with Crippen LogP contribution in [0.3, 0.4) is 0 Å². The Balaban J connectivity index is 0.000000174. The zero-order chi connectivity index (χ0) is 49.9. The van der Waals surface area contributed by atoms with E-state index >= 15 is 0 Å². The molecule has 0 N–H and O–H groups in total. The zero-order valence-corrected chi connectivity index (χ0v) is 46.7. The Labute approximate surface area is 424 Å². The summed E-state index contributed by atoms with van der Waals surface area (Å²) in [4.78, 5) is 12.1. The van der Waals surface area contributed by atoms with E-state index in [0.29, 0.717) is 52.4 Å². The number of unbranched alkanes of at least 4 members (excludes halogenated alkanes) is 2. The fourth-order valence-corrected chi connectivity index (χ4v) is 17.8. The van der Waals surface area contributed by atoms with Gasteiger partial charge in [0.1, 0.15) is 12.9 Å². The lowest BCUT2D eigenvalue weighted by Crippen LogP contribution is -2.39. The van der Waals surface area contributed by atoms with Crippen LogP contribution in [-0.2, 0) is 9.36 Å². The average molecular weight is 955 g/mol. The van der Waals surface area contributed by atoms with Crippen LogP contribution in [-0.4, -0.2) is 11.9 Å². The molecule has 6 aliphatic rings. The lowest BCUT2D eigenvalue weighted by molar-refractivity contribution is -0.130. The van der Waals surface area contributed by atoms with Gasteiger partial charge in [-0.1, -0.05) is 228 Å². The second kappa shape index (κ2) is 25.1. The number of benzene rings is 2. The first-order valence-electron chi connectivity index (χ1n) is 28.6. The minimum Gasteiger partial charge on any atom is -0.313 e. The van der Waals surface area contributed by atoms with Crippen LogP contribution in [0.4, 0.5) is 0 Å². The van der Waals surface area contributed by atoms with Gasteiger partial charge in [0.25, 0.3) is 0 Å². The van der Waals surface area contributed by atoms with Gasteiger partial charge in [0.15, 0.2) is 0 Å². The molecule has 0 amide bonds. The standard InChI is InChI=1S/C27H44.C23H27OP.C16H28O/c1-7-8-10-19(2)25-14-15-26-24(11-9-16-27(25,26)6)13-12-23-17-20(3)22(5)21(4)18-23;1-18-16-21(17-19(2)20(18)3)14-15-25(24,22-10-6-4-7-11-22)23-12-8-5-9-13-23;1-4-5-7-12(2)13-9-10-14-15(17)8-6-11-16(13,14)3/h12-13,19-21,25-26H,5,7-11,14-18H2,1-4,6H3;4-14,18-19H,3,15-17H2,1-2H3;12-14H,4-11H2,1-3H3/b24-13+;;/t19-,20+,21+,25?,26-,27+;18-,19-;12-,13?,14-,16+/m010/s1. The van der Waals surface area contributed by atoms with Crippen molar-refractivity contribution >= 4 is 23.5 Å². The van der Waals surface area contributed by atoms with Gasteiger partial charge in [-0.25, -0.2) is 0 Å². The third-order valence-electron chi connectivity index (χ3n) is 19.7. The van der Waals surface area contributed by atoms with Crippen molar-refractivity contribution in [1.29, 1.82) is 0 Å². The van der Waals surface area contributed by atoms with Gasteiger partial charge in [-0.3, -0.25) is 4.79 Å². The maximum Gasteiger partial charge on any atom is 0.146 e. The number of fused-ring (bicyclic) bond motifs is 2. The van der Waals surface area contributed by atoms with Gasteiger partial charge in [0.2, 0.25) is 0 Å². The predicted octanol–water partition coefficient (Wildman–Crippen LogP) is 18.7. The second-order valence-electron chi connectivity index (χ2n) is 24.5. The summed E-state index contributed by atoms with van der Waals surface area (Å²) in [6, 6.07) is 19.9. The number of carbonyl (C=O) groups excluding carboxylic acids is 1. The zero-order valence-electron chi connectivity index (χ0n) is 45.8. The number of allylic oxidation sites excluding steroid dienone is 8. The first kappa shape index (κ1) is 55.4. The Hall–Kier alpha value is -2.96. The molecule has 6 fully saturated rings. The molecule has 2 unspecified atom stereocenters. The van der Waals surface area contributed by atoms with Gasteiger partial charge in [0, 0.05) is 29.1 Å². The highest BCUT2D eigenvalue weighted by Crippen LogP contribution is 2.60. The molecule has 0 heterocycles. The molecule has 0 radical (unpaired) electrons. The van der Waals surface area contributed by atoms with Gasteiger partial charge in [-0.2, -0.15) is 0 Å². The van der Waals surface area contributed by atoms with E-state index in [2.05, 4.69) is 101 Å². The normalized spacial score (nSPS) is 32.8. The summed E-state index contributed by atoms with van der Waals surface area (Å²) in [6.07, 6.45) is 33.6. The number of rotatable bonds is 13. The van der Waals surface area contributed by atoms with E-state index in [-0.39, 0.29) is 0 Å². The van der Waals surface area contributed by atoms with Crippen molar-refractivity contribution in [2.24, 2.45) is 70.0 Å². The topological polar surface area (TPSA) is 34.1 Å². The second-order valence-corrected chi connectivity index (χ2v) is 27.4. The number of ketones is 1. The quantitative estimate of drug-likeness (QED) is 0.148. The summed E-state index contributed by atoms with van der Waals surface area (Å²) in [5.41, 5.74) is 8.61. The van der Waals surface area contributed by atoms with Gasteiger partial charge in [-0.15, -0.1) is 0 Å². The Morgan fingerprint density at radius 2 is 1.06 bits per heavy atom. The predicted molar refractivity (Wildman–Crippen MR) is 301 cm³/mol. The van der Waals surface area contributed by atoms with Gasteiger partial charge >= 0.3 is 0 Å². The SMILES string of the molecule is C=C1[C@H](C)CC(=C/C=C2\CCC[C@]3(C)C([C@@H](C)CCCC)CC[C@@H]23)C[C@H]1C.C=C1[C@H](C)CC(=CCP(=O)(c2ccccc2)c2ccccc2)C[C@H]1C.CCCC[C@H](C)C1CC[C@H]2C(=O)CCC[C@]12C. The highest BCUT2D eigenvalue weighted by Gasteiger charge is 2.52. The summed E-state index contributed by atoms with van der Waals surface area (Å²) in [5.74, 6) is 7.66. The van der Waals surface area contributed by atoms with Gasteiger partial charge < -0.3 is 4.57 Å². The molecule has 380 valence electrons. The molecule has 2 aromatic carbocycles. The summed E-state index contributed by atoms with van der Waals surface area (Å²) >= 11 is 0. The molecule has 2 aromatic rings. The van der Waals surface area contributed by atoms with Crippen LogP contribution in [0.1, 0.15) is 198 Å². The number of hydrogen-bond donors (Lipinski definition) is 0. The Bertz CT molecular complexity index is 2060. The van der Waals surface area contributed by atoms with E-state index < -0.39 is 7.14 Å². The van der Waals surface area contributed by atoms with Crippen molar-refractivity contribution in [2.75, 3.05) is 6.16 Å². The smallest absolute Gasteiger partial charge is 0.146 e. The van der Waals surface area contributed by atoms with Gasteiger partial charge in [0.05, 0.1) is 0 Å². The van der Waals surface area contributed by atoms with E-state index in [0.717, 1.165) is 65.9 Å². The van der Waals surface area contributed by atoms with Gasteiger partial charge in [-0.05, 0) is 148 Å². The summed E-state index contributed by atoms with van der Waals surface area (Å²) in [5, 5.41) is 1.89. The van der Waals surface area contributed by atoms with Crippen molar-refractivity contribution < 1.29 is 9.36 Å². The van der Waals surface area contributed by atoms with Crippen LogP contribution in [0.2, 0.25) is 0 Å². The van der Waals surface area contributed by atoms with E-state index in [9.17, 15) is 9.36 Å². The monoisotopic (exact) mass is 955 g/mol. The fraction of sp³-hybridized carbons (Fsp3) is 0.652. The van der Waals surface area contributed by atoms with Crippen molar-refractivity contribution in [1.82, 2.24) is 0 Å². The van der Waals surface area contributed by atoms with E-state index in [4.69, 9.17) is 0 Å². The molecule has 0 aromatic heterocycles. The third kappa shape index (κ3) is 13.2. The molecule has 8 rings (SSSR count). The summed E-state index contributed by atoms with van der Waals surface area (Å²) < 4.78 is 14.0. The molecule has 0 aliphatic heterocycles. The van der Waals surface area contributed by atoms with Crippen LogP contribution in [0.25, 0.3) is 0 Å². The van der Waals surface area contributed by atoms with Crippen molar-refractivity contribution in [2.45, 2.75) is 198 Å². The van der Waals surface area contributed by atoms with Crippen LogP contribution < -0.4 is 10.6 Å². The molecule has 2 nitrogen and oxygen atoms in total. The summed E-state index contributed by atoms with van der Waals surface area (Å²) in [6.45, 7) is 32.4. The third-order valence-corrected chi connectivity index (χ3v) is 22.7. The Morgan fingerprint density at radius 3 is 1.54 bits per heavy atom. The molecule has 6 aliphatic carbocycles. The van der Waals surface area contributed by atoms with E-state index in [1.165, 1.54) is 119 Å².